The summed E-state index contributed by atoms with van der Waals surface area (Å²) < 4.78 is 14.7. The molecule has 0 saturated carbocycles. The van der Waals surface area contributed by atoms with Crippen LogP contribution >= 0.6 is 11.6 Å². The van der Waals surface area contributed by atoms with Crippen LogP contribution in [0.25, 0.3) is 17.0 Å². The highest BCUT2D eigenvalue weighted by Crippen LogP contribution is 2.21. The topological polar surface area (TPSA) is 59.3 Å². The lowest BCUT2D eigenvalue weighted by molar-refractivity contribution is 0.0950. The van der Waals surface area contributed by atoms with Crippen molar-refractivity contribution in [3.8, 4) is 11.4 Å². The van der Waals surface area contributed by atoms with Crippen LogP contribution in [-0.2, 0) is 6.54 Å². The molecule has 1 amide bonds. The summed E-state index contributed by atoms with van der Waals surface area (Å²) in [5.41, 5.74) is 2.77. The average molecular weight is 381 g/mol. The van der Waals surface area contributed by atoms with E-state index < -0.39 is 0 Å². The van der Waals surface area contributed by atoms with Crippen LogP contribution in [0.4, 0.5) is 4.39 Å². The summed E-state index contributed by atoms with van der Waals surface area (Å²) in [5, 5.41) is 11.8. The number of benzene rings is 2. The zero-order valence-electron chi connectivity index (χ0n) is 14.1. The largest absolute Gasteiger partial charge is 0.348 e. The van der Waals surface area contributed by atoms with Crippen LogP contribution in [0.5, 0.6) is 0 Å². The SMILES string of the molecule is O=C(NCc1ccc(F)cc1)c1ccc2nnc(-c3ccc(Cl)cc3)n2c1. The van der Waals surface area contributed by atoms with E-state index in [2.05, 4.69) is 15.5 Å². The number of carbonyl (C=O) groups is 1. The third kappa shape index (κ3) is 3.66. The van der Waals surface area contributed by atoms with Gasteiger partial charge in [0, 0.05) is 23.3 Å². The Morgan fingerprint density at radius 1 is 1.00 bits per heavy atom. The molecular weight excluding hydrogens is 367 g/mol. The monoisotopic (exact) mass is 380 g/mol. The number of pyridine rings is 1. The number of nitrogens with one attached hydrogen (secondary N) is 1. The summed E-state index contributed by atoms with van der Waals surface area (Å²) in [6.45, 7) is 0.309. The zero-order valence-corrected chi connectivity index (χ0v) is 14.8. The zero-order chi connectivity index (χ0) is 18.8. The van der Waals surface area contributed by atoms with Crippen molar-refractivity contribution < 1.29 is 9.18 Å². The highest BCUT2D eigenvalue weighted by molar-refractivity contribution is 6.30. The van der Waals surface area contributed by atoms with E-state index >= 15 is 0 Å². The number of carbonyl (C=O) groups excluding carboxylic acids is 1. The summed E-state index contributed by atoms with van der Waals surface area (Å²) in [6, 6.07) is 16.7. The Bertz CT molecular complexity index is 1110. The van der Waals surface area contributed by atoms with Crippen LogP contribution in [-0.4, -0.2) is 20.5 Å². The van der Waals surface area contributed by atoms with Gasteiger partial charge in [0.1, 0.15) is 5.82 Å². The lowest BCUT2D eigenvalue weighted by atomic mass is 10.2. The van der Waals surface area contributed by atoms with Crippen LogP contribution < -0.4 is 5.32 Å². The third-order valence-electron chi connectivity index (χ3n) is 4.13. The number of halogens is 2. The molecule has 0 aliphatic heterocycles. The number of rotatable bonds is 4. The van der Waals surface area contributed by atoms with E-state index in [0.717, 1.165) is 11.1 Å². The standard InChI is InChI=1S/C20H14ClFN4O/c21-16-6-3-14(4-7-16)19-25-24-18-10-5-15(12-26(18)19)20(27)23-11-13-1-8-17(22)9-2-13/h1-10,12H,11H2,(H,23,27). The second-order valence-electron chi connectivity index (χ2n) is 5.99. The van der Waals surface area contributed by atoms with Crippen LogP contribution in [0.15, 0.2) is 66.9 Å². The molecule has 0 radical (unpaired) electrons. The molecule has 0 fully saturated rings. The summed E-state index contributed by atoms with van der Waals surface area (Å²) in [6.07, 6.45) is 1.69. The number of amides is 1. The second kappa shape index (κ2) is 7.17. The van der Waals surface area contributed by atoms with Gasteiger partial charge >= 0.3 is 0 Å². The van der Waals surface area contributed by atoms with Crippen LogP contribution in [0.1, 0.15) is 15.9 Å². The molecule has 0 atom stereocenters. The molecule has 0 bridgehead atoms. The Kier molecular flexibility index (Phi) is 4.56. The Hall–Kier alpha value is -3.25. The first-order valence-electron chi connectivity index (χ1n) is 8.23. The normalized spacial score (nSPS) is 10.9. The molecule has 5 nitrogen and oxygen atoms in total. The summed E-state index contributed by atoms with van der Waals surface area (Å²) >= 11 is 5.94. The second-order valence-corrected chi connectivity index (χ2v) is 6.42. The van der Waals surface area contributed by atoms with E-state index in [4.69, 9.17) is 11.6 Å². The maximum Gasteiger partial charge on any atom is 0.253 e. The maximum atomic E-state index is 13.0. The summed E-state index contributed by atoms with van der Waals surface area (Å²) in [4.78, 5) is 12.5. The minimum absolute atomic E-state index is 0.239. The molecule has 27 heavy (non-hydrogen) atoms. The Balaban J connectivity index is 1.58. The molecule has 1 N–H and O–H groups in total. The van der Waals surface area contributed by atoms with Crippen molar-refractivity contribution in [2.75, 3.05) is 0 Å². The Labute approximate surface area is 159 Å². The van der Waals surface area contributed by atoms with E-state index in [-0.39, 0.29) is 11.7 Å². The van der Waals surface area contributed by atoms with Gasteiger partial charge in [0.2, 0.25) is 0 Å². The van der Waals surface area contributed by atoms with Gasteiger partial charge in [-0.05, 0) is 54.1 Å². The van der Waals surface area contributed by atoms with Gasteiger partial charge < -0.3 is 5.32 Å². The third-order valence-corrected chi connectivity index (χ3v) is 4.39. The van der Waals surface area contributed by atoms with Crippen molar-refractivity contribution in [2.45, 2.75) is 6.54 Å². The molecule has 2 heterocycles. The highest BCUT2D eigenvalue weighted by atomic mass is 35.5. The van der Waals surface area contributed by atoms with Crippen LogP contribution in [0.2, 0.25) is 5.02 Å². The summed E-state index contributed by atoms with van der Waals surface area (Å²) in [5.74, 6) is 0.0738. The molecule has 134 valence electrons. The molecule has 2 aromatic carbocycles. The highest BCUT2D eigenvalue weighted by Gasteiger charge is 2.12. The van der Waals surface area contributed by atoms with Gasteiger partial charge in [-0.2, -0.15) is 0 Å². The molecule has 0 saturated heterocycles. The van der Waals surface area contributed by atoms with Crippen molar-refractivity contribution in [1.82, 2.24) is 19.9 Å². The van der Waals surface area contributed by atoms with Gasteiger partial charge in [0.05, 0.1) is 5.56 Å². The molecule has 0 unspecified atom stereocenters. The lowest BCUT2D eigenvalue weighted by Gasteiger charge is -2.07. The molecule has 4 rings (SSSR count). The average Bonchev–Trinajstić information content (AvgIpc) is 3.11. The Morgan fingerprint density at radius 2 is 1.74 bits per heavy atom. The number of fused-ring (bicyclic) bond motifs is 1. The summed E-state index contributed by atoms with van der Waals surface area (Å²) in [7, 11) is 0. The maximum absolute atomic E-state index is 13.0. The van der Waals surface area contributed by atoms with Crippen molar-refractivity contribution in [2.24, 2.45) is 0 Å². The molecular formula is C20H14ClFN4O. The minimum Gasteiger partial charge on any atom is -0.348 e. The van der Waals surface area contributed by atoms with E-state index in [1.54, 1.807) is 47.0 Å². The van der Waals surface area contributed by atoms with Crippen LogP contribution in [0, 0.1) is 5.82 Å². The fourth-order valence-electron chi connectivity index (χ4n) is 2.71. The molecule has 0 aliphatic carbocycles. The van der Waals surface area contributed by atoms with E-state index in [1.807, 2.05) is 12.1 Å². The van der Waals surface area contributed by atoms with Gasteiger partial charge in [-0.3, -0.25) is 9.20 Å². The van der Waals surface area contributed by atoms with E-state index in [9.17, 15) is 9.18 Å². The number of hydrogen-bond acceptors (Lipinski definition) is 3. The first-order valence-corrected chi connectivity index (χ1v) is 8.61. The smallest absolute Gasteiger partial charge is 0.253 e. The molecule has 2 aromatic heterocycles. The van der Waals surface area contributed by atoms with Gasteiger partial charge in [-0.25, -0.2) is 4.39 Å². The fourth-order valence-corrected chi connectivity index (χ4v) is 2.83. The van der Waals surface area contributed by atoms with Gasteiger partial charge in [-0.15, -0.1) is 10.2 Å². The van der Waals surface area contributed by atoms with Crippen molar-refractivity contribution in [3.05, 3.63) is 88.8 Å². The molecule has 0 aliphatic rings. The molecule has 7 heteroatoms. The van der Waals surface area contributed by atoms with Gasteiger partial charge in [0.25, 0.3) is 5.91 Å². The van der Waals surface area contributed by atoms with Gasteiger partial charge in [-0.1, -0.05) is 23.7 Å². The number of aromatic nitrogens is 3. The fraction of sp³-hybridized carbons (Fsp3) is 0.0500. The van der Waals surface area contributed by atoms with Crippen LogP contribution in [0.3, 0.4) is 0 Å². The molecule has 4 aromatic rings. The predicted octanol–water partition coefficient (Wildman–Crippen LogP) is 4.12. The lowest BCUT2D eigenvalue weighted by Crippen LogP contribution is -2.23. The minimum atomic E-state index is -0.308. The number of hydrogen-bond donors (Lipinski definition) is 1. The first-order chi connectivity index (χ1) is 13.1. The van der Waals surface area contributed by atoms with Crippen molar-refractivity contribution in [1.29, 1.82) is 0 Å². The number of nitrogens with zero attached hydrogens (tertiary/aromatic N) is 3. The first kappa shape index (κ1) is 17.2. The molecule has 0 spiro atoms. The Morgan fingerprint density at radius 3 is 2.48 bits per heavy atom. The quantitative estimate of drug-likeness (QED) is 0.579. The predicted molar refractivity (Wildman–Crippen MR) is 101 cm³/mol. The van der Waals surface area contributed by atoms with Gasteiger partial charge in [0.15, 0.2) is 11.5 Å². The van der Waals surface area contributed by atoms with E-state index in [0.29, 0.717) is 28.6 Å². The van der Waals surface area contributed by atoms with Crippen molar-refractivity contribution >= 4 is 23.2 Å². The van der Waals surface area contributed by atoms with Crippen molar-refractivity contribution in [3.63, 3.8) is 0 Å². The van der Waals surface area contributed by atoms with E-state index in [1.165, 1.54) is 12.1 Å².